The molecule has 0 atom stereocenters. The Bertz CT molecular complexity index is 626. The highest BCUT2D eigenvalue weighted by Gasteiger charge is 2.10. The number of pyridine rings is 1. The lowest BCUT2D eigenvalue weighted by Crippen LogP contribution is -2.28. The lowest BCUT2D eigenvalue weighted by atomic mass is 10.2. The van der Waals surface area contributed by atoms with Crippen molar-refractivity contribution in [1.29, 1.82) is 0 Å². The first-order chi connectivity index (χ1) is 9.81. The SMILES string of the molecule is NCC#Cc1cccnc1C(=O)NCCn1ccnn1. The summed E-state index contributed by atoms with van der Waals surface area (Å²) in [5.41, 5.74) is 6.19. The van der Waals surface area contributed by atoms with Crippen LogP contribution in [-0.4, -0.2) is 39.0 Å². The van der Waals surface area contributed by atoms with E-state index in [-0.39, 0.29) is 12.5 Å². The predicted molar refractivity (Wildman–Crippen MR) is 72.5 cm³/mol. The summed E-state index contributed by atoms with van der Waals surface area (Å²) < 4.78 is 1.63. The number of carbonyl (C=O) groups excluding carboxylic acids is 1. The molecule has 2 heterocycles. The first-order valence-electron chi connectivity index (χ1n) is 6.07. The minimum atomic E-state index is -0.271. The van der Waals surface area contributed by atoms with Gasteiger partial charge in [0.05, 0.1) is 24.8 Å². The maximum atomic E-state index is 12.0. The van der Waals surface area contributed by atoms with Crippen LogP contribution in [0.2, 0.25) is 0 Å². The third-order valence-electron chi connectivity index (χ3n) is 2.45. The molecule has 0 aromatic carbocycles. The molecule has 3 N–H and O–H groups in total. The van der Waals surface area contributed by atoms with Crippen LogP contribution in [0.4, 0.5) is 0 Å². The van der Waals surface area contributed by atoms with Crippen LogP contribution in [0.3, 0.4) is 0 Å². The van der Waals surface area contributed by atoms with Crippen molar-refractivity contribution in [3.05, 3.63) is 42.0 Å². The molecular weight excluding hydrogens is 256 g/mol. The third kappa shape index (κ3) is 3.63. The van der Waals surface area contributed by atoms with Crippen molar-refractivity contribution in [3.63, 3.8) is 0 Å². The van der Waals surface area contributed by atoms with Gasteiger partial charge < -0.3 is 11.1 Å². The van der Waals surface area contributed by atoms with Crippen molar-refractivity contribution >= 4 is 5.91 Å². The lowest BCUT2D eigenvalue weighted by molar-refractivity contribution is 0.0946. The maximum Gasteiger partial charge on any atom is 0.271 e. The molecule has 2 rings (SSSR count). The number of rotatable bonds is 4. The van der Waals surface area contributed by atoms with E-state index in [9.17, 15) is 4.79 Å². The van der Waals surface area contributed by atoms with Crippen molar-refractivity contribution < 1.29 is 4.79 Å². The molecule has 0 spiro atoms. The van der Waals surface area contributed by atoms with Crippen LogP contribution in [0.15, 0.2) is 30.7 Å². The molecule has 1 amide bonds. The molecule has 0 aliphatic rings. The van der Waals surface area contributed by atoms with E-state index in [1.807, 2.05) is 0 Å². The number of nitrogens with zero attached hydrogens (tertiary/aromatic N) is 4. The molecule has 2 aromatic rings. The zero-order valence-electron chi connectivity index (χ0n) is 10.8. The highest BCUT2D eigenvalue weighted by atomic mass is 16.1. The number of nitrogens with two attached hydrogens (primary N) is 1. The molecule has 2 aromatic heterocycles. The van der Waals surface area contributed by atoms with Gasteiger partial charge in [0.15, 0.2) is 0 Å². The molecule has 0 aliphatic carbocycles. The average Bonchev–Trinajstić information content (AvgIpc) is 2.98. The van der Waals surface area contributed by atoms with E-state index in [2.05, 4.69) is 32.5 Å². The molecule has 7 heteroatoms. The fourth-order valence-corrected chi connectivity index (χ4v) is 1.55. The van der Waals surface area contributed by atoms with E-state index in [4.69, 9.17) is 5.73 Å². The minimum absolute atomic E-state index is 0.238. The molecule has 0 saturated heterocycles. The van der Waals surface area contributed by atoms with Crippen molar-refractivity contribution in [2.45, 2.75) is 6.54 Å². The summed E-state index contributed by atoms with van der Waals surface area (Å²) >= 11 is 0. The Morgan fingerprint density at radius 2 is 2.35 bits per heavy atom. The van der Waals surface area contributed by atoms with Gasteiger partial charge in [-0.05, 0) is 12.1 Å². The highest BCUT2D eigenvalue weighted by molar-refractivity contribution is 5.94. The normalized spacial score (nSPS) is 9.65. The van der Waals surface area contributed by atoms with Gasteiger partial charge >= 0.3 is 0 Å². The summed E-state index contributed by atoms with van der Waals surface area (Å²) in [4.78, 5) is 16.1. The van der Waals surface area contributed by atoms with Gasteiger partial charge in [-0.15, -0.1) is 5.10 Å². The van der Waals surface area contributed by atoms with Gasteiger partial charge in [0.1, 0.15) is 5.69 Å². The largest absolute Gasteiger partial charge is 0.349 e. The van der Waals surface area contributed by atoms with E-state index < -0.39 is 0 Å². The van der Waals surface area contributed by atoms with Crippen molar-refractivity contribution in [2.24, 2.45) is 5.73 Å². The van der Waals surface area contributed by atoms with E-state index in [1.54, 1.807) is 35.4 Å². The van der Waals surface area contributed by atoms with Crippen LogP contribution in [0.5, 0.6) is 0 Å². The van der Waals surface area contributed by atoms with Gasteiger partial charge in [-0.3, -0.25) is 9.48 Å². The fourth-order valence-electron chi connectivity index (χ4n) is 1.55. The van der Waals surface area contributed by atoms with Crippen LogP contribution >= 0.6 is 0 Å². The van der Waals surface area contributed by atoms with Crippen LogP contribution in [0.25, 0.3) is 0 Å². The fraction of sp³-hybridized carbons (Fsp3) is 0.231. The van der Waals surface area contributed by atoms with Gasteiger partial charge in [0.25, 0.3) is 5.91 Å². The Kier molecular flexibility index (Phi) is 4.81. The standard InChI is InChI=1S/C13H14N6O/c14-5-1-3-11-4-2-6-15-12(11)13(20)16-7-9-19-10-8-17-18-19/h2,4,6,8,10H,5,7,9,14H2,(H,16,20). The molecule has 0 aliphatic heterocycles. The summed E-state index contributed by atoms with van der Waals surface area (Å²) in [6, 6.07) is 3.47. The second kappa shape index (κ2) is 7.01. The number of nitrogens with one attached hydrogen (secondary N) is 1. The molecule has 0 unspecified atom stereocenters. The first-order valence-corrected chi connectivity index (χ1v) is 6.07. The van der Waals surface area contributed by atoms with Crippen molar-refractivity contribution in [1.82, 2.24) is 25.3 Å². The van der Waals surface area contributed by atoms with E-state index in [0.29, 0.717) is 24.3 Å². The lowest BCUT2D eigenvalue weighted by Gasteiger charge is -2.05. The molecule has 0 saturated carbocycles. The van der Waals surface area contributed by atoms with Crippen molar-refractivity contribution in [2.75, 3.05) is 13.1 Å². The summed E-state index contributed by atoms with van der Waals surface area (Å²) in [6.45, 7) is 1.22. The quantitative estimate of drug-likeness (QED) is 0.724. The number of carbonyl (C=O) groups is 1. The van der Waals surface area contributed by atoms with Crippen LogP contribution in [0.1, 0.15) is 16.1 Å². The van der Waals surface area contributed by atoms with Gasteiger partial charge in [-0.25, -0.2) is 4.98 Å². The second-order valence-electron chi connectivity index (χ2n) is 3.83. The first kappa shape index (κ1) is 13.7. The number of hydrogen-bond donors (Lipinski definition) is 2. The summed E-state index contributed by atoms with van der Waals surface area (Å²) in [7, 11) is 0. The van der Waals surface area contributed by atoms with Gasteiger partial charge in [0.2, 0.25) is 0 Å². The topological polar surface area (TPSA) is 98.7 Å². The zero-order chi connectivity index (χ0) is 14.2. The molecule has 7 nitrogen and oxygen atoms in total. The number of amides is 1. The average molecular weight is 270 g/mol. The van der Waals surface area contributed by atoms with Crippen LogP contribution in [0, 0.1) is 11.8 Å². The smallest absolute Gasteiger partial charge is 0.271 e. The second-order valence-corrected chi connectivity index (χ2v) is 3.83. The molecular formula is C13H14N6O. The van der Waals surface area contributed by atoms with Gasteiger partial charge in [0, 0.05) is 18.9 Å². The molecule has 20 heavy (non-hydrogen) atoms. The van der Waals surface area contributed by atoms with Crippen molar-refractivity contribution in [3.8, 4) is 11.8 Å². The van der Waals surface area contributed by atoms with Crippen LogP contribution in [-0.2, 0) is 6.54 Å². The summed E-state index contributed by atoms with van der Waals surface area (Å²) in [6.07, 6.45) is 4.87. The third-order valence-corrected chi connectivity index (χ3v) is 2.45. The van der Waals surface area contributed by atoms with Crippen LogP contribution < -0.4 is 11.1 Å². The zero-order valence-corrected chi connectivity index (χ0v) is 10.8. The predicted octanol–water partition coefficient (Wildman–Crippen LogP) is -0.587. The van der Waals surface area contributed by atoms with E-state index >= 15 is 0 Å². The molecule has 102 valence electrons. The molecule has 0 fully saturated rings. The Labute approximate surface area is 116 Å². The Morgan fingerprint density at radius 3 is 3.10 bits per heavy atom. The monoisotopic (exact) mass is 270 g/mol. The van der Waals surface area contributed by atoms with E-state index in [0.717, 1.165) is 0 Å². The highest BCUT2D eigenvalue weighted by Crippen LogP contribution is 2.03. The van der Waals surface area contributed by atoms with E-state index in [1.165, 1.54) is 0 Å². The Morgan fingerprint density at radius 1 is 1.45 bits per heavy atom. The molecule has 0 radical (unpaired) electrons. The maximum absolute atomic E-state index is 12.0. The summed E-state index contributed by atoms with van der Waals surface area (Å²) in [5, 5.41) is 10.3. The Hall–Kier alpha value is -2.72. The minimum Gasteiger partial charge on any atom is -0.349 e. The summed E-state index contributed by atoms with van der Waals surface area (Å²) in [5.74, 6) is 5.27. The number of aromatic nitrogens is 4. The number of hydrogen-bond acceptors (Lipinski definition) is 5. The van der Waals surface area contributed by atoms with Gasteiger partial charge in [-0.1, -0.05) is 17.1 Å². The van der Waals surface area contributed by atoms with Gasteiger partial charge in [-0.2, -0.15) is 0 Å². The Balaban J connectivity index is 1.98. The molecule has 0 bridgehead atoms.